The monoisotopic (exact) mass is 355 g/mol. The molecule has 3 heterocycles. The van der Waals surface area contributed by atoms with Crippen molar-refractivity contribution in [2.24, 2.45) is 0 Å². The van der Waals surface area contributed by atoms with Crippen LogP contribution in [0.15, 0.2) is 42.7 Å². The molecular formula is C21H26FN3O. The Bertz CT molecular complexity index is 739. The van der Waals surface area contributed by atoms with Gasteiger partial charge in [-0.05, 0) is 54.3 Å². The molecule has 26 heavy (non-hydrogen) atoms. The van der Waals surface area contributed by atoms with Crippen molar-refractivity contribution in [2.45, 2.75) is 38.6 Å². The van der Waals surface area contributed by atoms with E-state index in [0.717, 1.165) is 56.9 Å². The van der Waals surface area contributed by atoms with Gasteiger partial charge in [0, 0.05) is 51.2 Å². The van der Waals surface area contributed by atoms with E-state index in [2.05, 4.69) is 33.8 Å². The van der Waals surface area contributed by atoms with E-state index in [1.165, 1.54) is 11.6 Å². The summed E-state index contributed by atoms with van der Waals surface area (Å²) in [6.45, 7) is 7.51. The second kappa shape index (κ2) is 7.82. The molecular weight excluding hydrogens is 329 g/mol. The van der Waals surface area contributed by atoms with E-state index in [0.29, 0.717) is 12.1 Å². The zero-order valence-corrected chi connectivity index (χ0v) is 15.3. The number of aromatic nitrogens is 1. The van der Waals surface area contributed by atoms with Crippen LogP contribution in [0.5, 0.6) is 0 Å². The fourth-order valence-corrected chi connectivity index (χ4v) is 4.12. The number of piperidine rings is 1. The first kappa shape index (κ1) is 17.6. The predicted octanol–water partition coefficient (Wildman–Crippen LogP) is 3.00. The quantitative estimate of drug-likeness (QED) is 0.843. The van der Waals surface area contributed by atoms with Crippen molar-refractivity contribution in [3.8, 4) is 0 Å². The van der Waals surface area contributed by atoms with Crippen LogP contribution in [0.25, 0.3) is 0 Å². The highest BCUT2D eigenvalue weighted by Gasteiger charge is 2.37. The molecule has 0 bridgehead atoms. The van der Waals surface area contributed by atoms with E-state index in [9.17, 15) is 4.39 Å². The Morgan fingerprint density at radius 2 is 2.00 bits per heavy atom. The Labute approximate surface area is 154 Å². The van der Waals surface area contributed by atoms with E-state index in [1.54, 1.807) is 6.07 Å². The predicted molar refractivity (Wildman–Crippen MR) is 99.2 cm³/mol. The van der Waals surface area contributed by atoms with Crippen LogP contribution in [0.4, 0.5) is 4.39 Å². The van der Waals surface area contributed by atoms with Gasteiger partial charge in [0.1, 0.15) is 5.82 Å². The lowest BCUT2D eigenvalue weighted by atomic mass is 9.97. The fourth-order valence-electron chi connectivity index (χ4n) is 4.12. The summed E-state index contributed by atoms with van der Waals surface area (Å²) < 4.78 is 19.7. The molecule has 2 aromatic rings. The minimum absolute atomic E-state index is 0.152. The molecule has 2 aliphatic heterocycles. The summed E-state index contributed by atoms with van der Waals surface area (Å²) in [7, 11) is 0. The van der Waals surface area contributed by atoms with Gasteiger partial charge >= 0.3 is 0 Å². The third-order valence-electron chi connectivity index (χ3n) is 5.62. The Hall–Kier alpha value is -1.82. The second-order valence-electron chi connectivity index (χ2n) is 7.40. The molecule has 0 amide bonds. The summed E-state index contributed by atoms with van der Waals surface area (Å²) >= 11 is 0. The third kappa shape index (κ3) is 3.95. The number of halogens is 1. The van der Waals surface area contributed by atoms with Crippen LogP contribution in [-0.4, -0.2) is 53.2 Å². The number of likely N-dealkylation sites (tertiary alicyclic amines) is 1. The number of aryl methyl sites for hydroxylation is 1. The van der Waals surface area contributed by atoms with E-state index in [4.69, 9.17) is 4.74 Å². The lowest BCUT2D eigenvalue weighted by Gasteiger charge is -2.47. The molecule has 0 radical (unpaired) electrons. The normalized spacial score (nSPS) is 24.4. The molecule has 4 rings (SSSR count). The van der Waals surface area contributed by atoms with Crippen LogP contribution in [0.2, 0.25) is 0 Å². The average molecular weight is 355 g/mol. The highest BCUT2D eigenvalue weighted by molar-refractivity contribution is 5.26. The minimum Gasteiger partial charge on any atom is -0.375 e. The molecule has 4 nitrogen and oxygen atoms in total. The largest absolute Gasteiger partial charge is 0.375 e. The zero-order chi connectivity index (χ0) is 17.9. The standard InChI is InChI=1S/C21H26FN3O/c1-16-2-3-19(22)12-18(16)14-24-9-6-21-20(15-24)25(10-11-26-21)13-17-4-7-23-8-5-17/h2-5,7-8,12,20-21H,6,9-11,13-15H2,1H3/t20-,21-/m1/s1. The molecule has 1 aromatic carbocycles. The number of hydrogen-bond donors (Lipinski definition) is 0. The zero-order valence-electron chi connectivity index (χ0n) is 15.3. The maximum atomic E-state index is 13.6. The number of fused-ring (bicyclic) bond motifs is 1. The topological polar surface area (TPSA) is 28.6 Å². The van der Waals surface area contributed by atoms with Gasteiger partial charge in [0.25, 0.3) is 0 Å². The Morgan fingerprint density at radius 1 is 1.15 bits per heavy atom. The molecule has 0 spiro atoms. The summed E-state index contributed by atoms with van der Waals surface area (Å²) in [6, 6.07) is 9.64. The summed E-state index contributed by atoms with van der Waals surface area (Å²) in [6.07, 6.45) is 5.04. The first-order valence-electron chi connectivity index (χ1n) is 9.41. The average Bonchev–Trinajstić information content (AvgIpc) is 2.66. The van der Waals surface area contributed by atoms with Crippen molar-refractivity contribution in [2.75, 3.05) is 26.2 Å². The first-order valence-corrected chi connectivity index (χ1v) is 9.41. The maximum Gasteiger partial charge on any atom is 0.123 e. The van der Waals surface area contributed by atoms with Gasteiger partial charge in [-0.3, -0.25) is 14.8 Å². The molecule has 2 fully saturated rings. The summed E-state index contributed by atoms with van der Waals surface area (Å²) in [5.74, 6) is -0.152. The van der Waals surface area contributed by atoms with Crippen molar-refractivity contribution in [3.05, 3.63) is 65.2 Å². The van der Waals surface area contributed by atoms with E-state index >= 15 is 0 Å². The van der Waals surface area contributed by atoms with Gasteiger partial charge in [0.15, 0.2) is 0 Å². The molecule has 0 saturated carbocycles. The Balaban J connectivity index is 1.45. The molecule has 0 aliphatic carbocycles. The van der Waals surface area contributed by atoms with Crippen LogP contribution in [0.3, 0.4) is 0 Å². The van der Waals surface area contributed by atoms with Gasteiger partial charge in [0.05, 0.1) is 12.7 Å². The van der Waals surface area contributed by atoms with E-state index < -0.39 is 0 Å². The molecule has 1 aromatic heterocycles. The molecule has 138 valence electrons. The maximum absolute atomic E-state index is 13.6. The number of rotatable bonds is 4. The van der Waals surface area contributed by atoms with Crippen molar-refractivity contribution in [1.29, 1.82) is 0 Å². The van der Waals surface area contributed by atoms with Crippen molar-refractivity contribution < 1.29 is 9.13 Å². The van der Waals surface area contributed by atoms with Gasteiger partial charge in [0.2, 0.25) is 0 Å². The number of hydrogen-bond acceptors (Lipinski definition) is 4. The van der Waals surface area contributed by atoms with Crippen LogP contribution >= 0.6 is 0 Å². The second-order valence-corrected chi connectivity index (χ2v) is 7.40. The van der Waals surface area contributed by atoms with Crippen LogP contribution in [0, 0.1) is 12.7 Å². The number of nitrogens with zero attached hydrogens (tertiary/aromatic N) is 3. The SMILES string of the molecule is Cc1ccc(F)cc1CN1CC[C@H]2OCCN(Cc3ccncc3)[C@@H]2C1. The molecule has 2 saturated heterocycles. The fraction of sp³-hybridized carbons (Fsp3) is 0.476. The molecule has 5 heteroatoms. The van der Waals surface area contributed by atoms with Crippen molar-refractivity contribution in [1.82, 2.24) is 14.8 Å². The highest BCUT2D eigenvalue weighted by Crippen LogP contribution is 2.26. The number of morpholine rings is 1. The van der Waals surface area contributed by atoms with Gasteiger partial charge in [-0.15, -0.1) is 0 Å². The van der Waals surface area contributed by atoms with Gasteiger partial charge in [-0.2, -0.15) is 0 Å². The lowest BCUT2D eigenvalue weighted by Crippen LogP contribution is -2.59. The molecule has 2 aliphatic rings. The summed E-state index contributed by atoms with van der Waals surface area (Å²) in [4.78, 5) is 9.09. The lowest BCUT2D eigenvalue weighted by molar-refractivity contribution is -0.107. The van der Waals surface area contributed by atoms with Crippen molar-refractivity contribution in [3.63, 3.8) is 0 Å². The van der Waals surface area contributed by atoms with Gasteiger partial charge in [-0.1, -0.05) is 6.07 Å². The third-order valence-corrected chi connectivity index (χ3v) is 5.62. The Morgan fingerprint density at radius 3 is 2.85 bits per heavy atom. The van der Waals surface area contributed by atoms with Crippen molar-refractivity contribution >= 4 is 0 Å². The number of pyridine rings is 1. The van der Waals surface area contributed by atoms with Crippen LogP contribution in [0.1, 0.15) is 23.1 Å². The molecule has 0 N–H and O–H groups in total. The highest BCUT2D eigenvalue weighted by atomic mass is 19.1. The summed E-state index contributed by atoms with van der Waals surface area (Å²) in [5.41, 5.74) is 3.53. The van der Waals surface area contributed by atoms with E-state index in [1.807, 2.05) is 18.5 Å². The first-order chi connectivity index (χ1) is 12.7. The molecule has 2 atom stereocenters. The van der Waals surface area contributed by atoms with Crippen LogP contribution in [-0.2, 0) is 17.8 Å². The van der Waals surface area contributed by atoms with Gasteiger partial charge in [-0.25, -0.2) is 4.39 Å². The number of ether oxygens (including phenoxy) is 1. The Kier molecular flexibility index (Phi) is 5.29. The van der Waals surface area contributed by atoms with Gasteiger partial charge < -0.3 is 4.74 Å². The number of benzene rings is 1. The van der Waals surface area contributed by atoms with E-state index in [-0.39, 0.29) is 5.82 Å². The molecule has 0 unspecified atom stereocenters. The summed E-state index contributed by atoms with van der Waals surface area (Å²) in [5, 5.41) is 0. The smallest absolute Gasteiger partial charge is 0.123 e. The minimum atomic E-state index is -0.152. The van der Waals surface area contributed by atoms with Crippen LogP contribution < -0.4 is 0 Å².